The summed E-state index contributed by atoms with van der Waals surface area (Å²) in [5, 5.41) is 15.8. The van der Waals surface area contributed by atoms with Gasteiger partial charge >= 0.3 is 0 Å². The molecule has 0 saturated carbocycles. The Morgan fingerprint density at radius 1 is 1.21 bits per heavy atom. The summed E-state index contributed by atoms with van der Waals surface area (Å²) in [7, 11) is 0. The first-order chi connectivity index (χ1) is 16.3. The molecule has 34 heavy (non-hydrogen) atoms. The summed E-state index contributed by atoms with van der Waals surface area (Å²) in [6.45, 7) is 1.59. The molecule has 1 N–H and O–H groups in total. The molecule has 0 unspecified atom stereocenters. The third-order valence-corrected chi connectivity index (χ3v) is 7.26. The van der Waals surface area contributed by atoms with Crippen LogP contribution < -0.4 is 0 Å². The minimum atomic E-state index is -1.93. The van der Waals surface area contributed by atoms with Gasteiger partial charge in [0.2, 0.25) is 5.95 Å². The summed E-state index contributed by atoms with van der Waals surface area (Å²) >= 11 is 1.24. The molecular weight excluding hydrogens is 467 g/mol. The van der Waals surface area contributed by atoms with E-state index in [9.17, 15) is 23.1 Å². The summed E-state index contributed by atoms with van der Waals surface area (Å²) < 4.78 is 42.9. The van der Waals surface area contributed by atoms with Gasteiger partial charge in [0, 0.05) is 34.8 Å². The van der Waals surface area contributed by atoms with Crippen LogP contribution in [0.4, 0.5) is 13.2 Å². The van der Waals surface area contributed by atoms with Gasteiger partial charge in [0.1, 0.15) is 29.9 Å². The predicted octanol–water partition coefficient (Wildman–Crippen LogP) is 3.75. The third-order valence-electron chi connectivity index (χ3n) is 6.04. The van der Waals surface area contributed by atoms with E-state index in [0.717, 1.165) is 16.5 Å². The van der Waals surface area contributed by atoms with Crippen LogP contribution in [0.15, 0.2) is 55.2 Å². The van der Waals surface area contributed by atoms with Crippen molar-refractivity contribution < 1.29 is 23.1 Å². The highest BCUT2D eigenvalue weighted by Gasteiger charge is 2.46. The van der Waals surface area contributed by atoms with Crippen molar-refractivity contribution in [1.82, 2.24) is 24.6 Å². The molecule has 0 aliphatic carbocycles. The van der Waals surface area contributed by atoms with E-state index >= 15 is 0 Å². The monoisotopic (exact) mass is 485 g/mol. The molecule has 11 heteroatoms. The Morgan fingerprint density at radius 3 is 2.68 bits per heavy atom. The number of amides is 1. The van der Waals surface area contributed by atoms with Gasteiger partial charge in [-0.15, -0.1) is 11.3 Å². The lowest BCUT2D eigenvalue weighted by molar-refractivity contribution is -0.0556. The molecule has 174 valence electrons. The molecule has 1 aromatic carbocycles. The number of carbonyl (C=O) groups excluding carboxylic acids is 1. The fourth-order valence-corrected chi connectivity index (χ4v) is 5.31. The molecule has 3 aromatic heterocycles. The van der Waals surface area contributed by atoms with Gasteiger partial charge in [0.15, 0.2) is 0 Å². The molecule has 4 heterocycles. The van der Waals surface area contributed by atoms with Crippen molar-refractivity contribution in [1.29, 1.82) is 0 Å². The maximum Gasteiger partial charge on any atom is 0.264 e. The summed E-state index contributed by atoms with van der Waals surface area (Å²) in [5.41, 5.74) is -0.662. The lowest BCUT2D eigenvalue weighted by Gasteiger charge is -2.39. The first-order valence-electron chi connectivity index (χ1n) is 10.3. The average Bonchev–Trinajstić information content (AvgIpc) is 3.52. The second-order valence-electron chi connectivity index (χ2n) is 8.09. The highest BCUT2D eigenvalue weighted by Crippen LogP contribution is 2.41. The number of benzene rings is 1. The van der Waals surface area contributed by atoms with Crippen LogP contribution in [-0.4, -0.2) is 41.7 Å². The van der Waals surface area contributed by atoms with Crippen LogP contribution in [0.5, 0.6) is 0 Å². The van der Waals surface area contributed by atoms with Crippen molar-refractivity contribution in [3.05, 3.63) is 88.8 Å². The number of hydrogen-bond acceptors (Lipinski definition) is 6. The van der Waals surface area contributed by atoms with Crippen LogP contribution in [0.3, 0.4) is 0 Å². The first kappa shape index (κ1) is 22.2. The Morgan fingerprint density at radius 2 is 2.03 bits per heavy atom. The number of aliphatic hydroxyl groups is 1. The number of fused-ring (bicyclic) bond motifs is 1. The Kier molecular flexibility index (Phi) is 5.45. The van der Waals surface area contributed by atoms with Crippen LogP contribution in [0.1, 0.15) is 27.7 Å². The van der Waals surface area contributed by atoms with E-state index in [-0.39, 0.29) is 24.6 Å². The van der Waals surface area contributed by atoms with Crippen molar-refractivity contribution in [2.75, 3.05) is 0 Å². The molecule has 0 spiro atoms. The highest BCUT2D eigenvalue weighted by atomic mass is 32.1. The second kappa shape index (κ2) is 8.33. The molecule has 0 radical (unpaired) electrons. The minimum Gasteiger partial charge on any atom is -0.381 e. The number of carbonyl (C=O) groups is 1. The van der Waals surface area contributed by atoms with E-state index < -0.39 is 29.2 Å². The van der Waals surface area contributed by atoms with Crippen molar-refractivity contribution in [2.45, 2.75) is 31.7 Å². The van der Waals surface area contributed by atoms with Crippen LogP contribution in [0.2, 0.25) is 0 Å². The van der Waals surface area contributed by atoms with Crippen molar-refractivity contribution in [3.63, 3.8) is 0 Å². The lowest BCUT2D eigenvalue weighted by Crippen LogP contribution is -2.52. The summed E-state index contributed by atoms with van der Waals surface area (Å²) in [6, 6.07) is 6.69. The third kappa shape index (κ3) is 3.76. The van der Waals surface area contributed by atoms with E-state index in [2.05, 4.69) is 15.1 Å². The highest BCUT2D eigenvalue weighted by molar-refractivity contribution is 7.17. The smallest absolute Gasteiger partial charge is 0.264 e. The van der Waals surface area contributed by atoms with Gasteiger partial charge in [0.05, 0.1) is 17.5 Å². The predicted molar refractivity (Wildman–Crippen MR) is 117 cm³/mol. The summed E-state index contributed by atoms with van der Waals surface area (Å²) in [5.74, 6) is -2.63. The van der Waals surface area contributed by atoms with Crippen LogP contribution in [0, 0.1) is 17.6 Å². The number of halogens is 3. The molecular formula is C23H18F3N5O2S. The molecule has 1 amide bonds. The Bertz CT molecular complexity index is 1360. The number of thiophene rings is 1. The van der Waals surface area contributed by atoms with E-state index in [1.54, 1.807) is 13.0 Å². The molecule has 0 saturated heterocycles. The van der Waals surface area contributed by atoms with E-state index in [1.807, 2.05) is 6.07 Å². The largest absolute Gasteiger partial charge is 0.381 e. The lowest BCUT2D eigenvalue weighted by atomic mass is 9.85. The Hall–Kier alpha value is -3.57. The quantitative estimate of drug-likeness (QED) is 0.421. The summed E-state index contributed by atoms with van der Waals surface area (Å²) in [6.07, 6.45) is 4.04. The van der Waals surface area contributed by atoms with Gasteiger partial charge < -0.3 is 10.0 Å². The number of nitrogens with zero attached hydrogens (tertiary/aromatic N) is 5. The molecule has 2 atom stereocenters. The van der Waals surface area contributed by atoms with E-state index in [4.69, 9.17) is 0 Å². The topological polar surface area (TPSA) is 84.1 Å². The second-order valence-corrected chi connectivity index (χ2v) is 9.14. The maximum atomic E-state index is 14.8. The Balaban J connectivity index is 1.48. The van der Waals surface area contributed by atoms with Crippen molar-refractivity contribution >= 4 is 17.2 Å². The molecule has 5 rings (SSSR count). The van der Waals surface area contributed by atoms with Gasteiger partial charge in [-0.2, -0.15) is 9.49 Å². The first-order valence-corrected chi connectivity index (χ1v) is 11.1. The SMILES string of the molecule is C[C@@H](N1Cc2cc(-c3ccc(F)nc3)sc2C1=O)[C@](O)(Cn1cncn1)c1ccc(F)cc1F. The van der Waals surface area contributed by atoms with Crippen molar-refractivity contribution in [2.24, 2.45) is 0 Å². The Labute approximate surface area is 196 Å². The van der Waals surface area contributed by atoms with Gasteiger partial charge in [0.25, 0.3) is 5.91 Å². The molecule has 0 bridgehead atoms. The molecule has 7 nitrogen and oxygen atoms in total. The zero-order chi connectivity index (χ0) is 24.0. The van der Waals surface area contributed by atoms with E-state index in [0.29, 0.717) is 16.5 Å². The fraction of sp³-hybridized carbons (Fsp3) is 0.217. The zero-order valence-electron chi connectivity index (χ0n) is 17.8. The summed E-state index contributed by atoms with van der Waals surface area (Å²) in [4.78, 5) is 23.5. The van der Waals surface area contributed by atoms with Crippen LogP contribution >= 0.6 is 11.3 Å². The van der Waals surface area contributed by atoms with Crippen LogP contribution in [0.25, 0.3) is 10.4 Å². The molecule has 4 aromatic rings. The van der Waals surface area contributed by atoms with Gasteiger partial charge in [-0.3, -0.25) is 4.79 Å². The minimum absolute atomic E-state index is 0.155. The number of hydrogen-bond donors (Lipinski definition) is 1. The molecule has 1 aliphatic heterocycles. The normalized spacial score (nSPS) is 15.9. The van der Waals surface area contributed by atoms with Crippen LogP contribution in [-0.2, 0) is 18.7 Å². The van der Waals surface area contributed by atoms with Gasteiger partial charge in [-0.25, -0.2) is 23.4 Å². The standard InChI is InChI=1S/C23H18F3N5O2S/c1-13(23(33,10-30-12-27-11-29-30)17-4-3-16(24)7-18(17)25)31-9-15-6-19(34-21(15)22(31)32)14-2-5-20(26)28-8-14/h2-8,11-13,33H,9-10H2,1H3/t13-,23-/m1/s1. The number of pyridine rings is 1. The zero-order valence-corrected chi connectivity index (χ0v) is 18.6. The number of rotatable bonds is 6. The maximum absolute atomic E-state index is 14.8. The van der Waals surface area contributed by atoms with Gasteiger partial charge in [-0.05, 0) is 36.8 Å². The fourth-order valence-electron chi connectivity index (χ4n) is 4.19. The molecule has 0 fully saturated rings. The average molecular weight is 485 g/mol. The van der Waals surface area contributed by atoms with Gasteiger partial charge in [-0.1, -0.05) is 6.07 Å². The van der Waals surface area contributed by atoms with E-state index in [1.165, 1.54) is 51.9 Å². The molecule has 1 aliphatic rings. The van der Waals surface area contributed by atoms with Crippen molar-refractivity contribution in [3.8, 4) is 10.4 Å². The number of aromatic nitrogens is 4.